The maximum atomic E-state index is 12.9. The molecule has 0 bridgehead atoms. The van der Waals surface area contributed by atoms with Gasteiger partial charge < -0.3 is 14.8 Å². The fraction of sp³-hybridized carbons (Fsp3) is 0.368. The lowest BCUT2D eigenvalue weighted by atomic mass is 10.0. The summed E-state index contributed by atoms with van der Waals surface area (Å²) in [7, 11) is 0. The molecule has 2 unspecified atom stereocenters. The minimum absolute atomic E-state index is 0.114. The standard InChI is InChI=1S/C19H16Cl4N2O6S2/c1-9(26)30-7-11-12(6-20)33-17-14(24-13(27)5-10-3-2-4-32-10)16(28)25(17)15(11)18(29)31-8-19(21,22)23/h2-4,6,14,17H,5,7-8H2,1H3,(H,24,27)/b12-6-. The lowest BCUT2D eigenvalue weighted by molar-refractivity contribution is -0.153. The Morgan fingerprint density at radius 2 is 2.00 bits per heavy atom. The van der Waals surface area contributed by atoms with Gasteiger partial charge in [0.2, 0.25) is 9.70 Å². The van der Waals surface area contributed by atoms with Gasteiger partial charge in [0, 0.05) is 27.8 Å². The number of thiophene rings is 1. The van der Waals surface area contributed by atoms with Crippen molar-refractivity contribution in [1.29, 1.82) is 0 Å². The van der Waals surface area contributed by atoms with Gasteiger partial charge in [-0.3, -0.25) is 19.3 Å². The van der Waals surface area contributed by atoms with E-state index < -0.39 is 39.7 Å². The van der Waals surface area contributed by atoms with Gasteiger partial charge in [0.15, 0.2) is 0 Å². The summed E-state index contributed by atoms with van der Waals surface area (Å²) in [5.74, 6) is -2.46. The second kappa shape index (κ2) is 10.9. The molecule has 1 saturated heterocycles. The van der Waals surface area contributed by atoms with E-state index in [1.165, 1.54) is 23.8 Å². The Morgan fingerprint density at radius 3 is 2.58 bits per heavy atom. The van der Waals surface area contributed by atoms with Crippen LogP contribution in [0.3, 0.4) is 0 Å². The van der Waals surface area contributed by atoms with Crippen molar-refractivity contribution in [2.24, 2.45) is 0 Å². The van der Waals surface area contributed by atoms with Crippen LogP contribution in [0.25, 0.3) is 0 Å². The van der Waals surface area contributed by atoms with Crippen LogP contribution in [0, 0.1) is 0 Å². The Hall–Kier alpha value is -1.43. The number of amides is 2. The van der Waals surface area contributed by atoms with Gasteiger partial charge in [0.05, 0.1) is 6.42 Å². The summed E-state index contributed by atoms with van der Waals surface area (Å²) in [6.07, 6.45) is 0.114. The van der Waals surface area contributed by atoms with Crippen molar-refractivity contribution < 1.29 is 28.7 Å². The number of carbonyl (C=O) groups is 4. The minimum Gasteiger partial charge on any atom is -0.461 e. The Kier molecular flexibility index (Phi) is 8.63. The highest BCUT2D eigenvalue weighted by Crippen LogP contribution is 2.47. The van der Waals surface area contributed by atoms with Crippen molar-refractivity contribution in [3.05, 3.63) is 44.1 Å². The smallest absolute Gasteiger partial charge is 0.355 e. The fourth-order valence-corrected chi connectivity index (χ4v) is 5.45. The molecule has 33 heavy (non-hydrogen) atoms. The first-order valence-corrected chi connectivity index (χ1v) is 12.6. The number of esters is 2. The van der Waals surface area contributed by atoms with E-state index in [9.17, 15) is 19.2 Å². The molecule has 0 spiro atoms. The zero-order valence-corrected chi connectivity index (χ0v) is 21.5. The van der Waals surface area contributed by atoms with Crippen LogP contribution >= 0.6 is 69.5 Å². The van der Waals surface area contributed by atoms with Gasteiger partial charge in [-0.15, -0.1) is 11.3 Å². The van der Waals surface area contributed by atoms with E-state index in [1.807, 2.05) is 17.5 Å². The summed E-state index contributed by atoms with van der Waals surface area (Å²) in [5, 5.41) is 3.86. The number of β-lactam (4-membered cyclic amide) rings is 1. The van der Waals surface area contributed by atoms with E-state index in [-0.39, 0.29) is 30.2 Å². The van der Waals surface area contributed by atoms with E-state index >= 15 is 0 Å². The zero-order valence-electron chi connectivity index (χ0n) is 16.8. The lowest BCUT2D eigenvalue weighted by Crippen LogP contribution is -2.70. The molecule has 2 aliphatic heterocycles. The summed E-state index contributed by atoms with van der Waals surface area (Å²) in [6.45, 7) is 0.269. The Labute approximate surface area is 217 Å². The summed E-state index contributed by atoms with van der Waals surface area (Å²) in [4.78, 5) is 52.0. The molecule has 2 atom stereocenters. The number of hydrogen-bond acceptors (Lipinski definition) is 8. The van der Waals surface area contributed by atoms with Crippen LogP contribution in [0.15, 0.2) is 39.2 Å². The number of fused-ring (bicyclic) bond motifs is 1. The second-order valence-corrected chi connectivity index (χ2v) is 11.7. The molecule has 2 aliphatic rings. The van der Waals surface area contributed by atoms with Crippen molar-refractivity contribution >= 4 is 93.3 Å². The first-order valence-electron chi connectivity index (χ1n) is 9.24. The van der Waals surface area contributed by atoms with Crippen LogP contribution in [-0.2, 0) is 35.1 Å². The maximum absolute atomic E-state index is 12.9. The highest BCUT2D eigenvalue weighted by atomic mass is 35.6. The molecule has 3 heterocycles. The lowest BCUT2D eigenvalue weighted by Gasteiger charge is -2.50. The summed E-state index contributed by atoms with van der Waals surface area (Å²) in [6, 6.07) is 2.73. The Balaban J connectivity index is 1.86. The summed E-state index contributed by atoms with van der Waals surface area (Å²) < 4.78 is 8.22. The molecule has 0 aromatic carbocycles. The number of ether oxygens (including phenoxy) is 2. The monoisotopic (exact) mass is 572 g/mol. The van der Waals surface area contributed by atoms with Crippen molar-refractivity contribution in [1.82, 2.24) is 10.2 Å². The SMILES string of the molecule is CC(=O)OCC1=C(C(=O)OCC(Cl)(Cl)Cl)N2C(=O)C(NC(=O)Cc3cccs3)C2S/C1=C\Cl. The van der Waals surface area contributed by atoms with E-state index in [1.54, 1.807) is 0 Å². The maximum Gasteiger partial charge on any atom is 0.355 e. The molecule has 3 rings (SSSR count). The summed E-state index contributed by atoms with van der Waals surface area (Å²) in [5.41, 5.74) is 1.15. The quantitative estimate of drug-likeness (QED) is 0.302. The molecule has 1 aromatic rings. The molecule has 0 saturated carbocycles. The molecule has 14 heteroatoms. The predicted molar refractivity (Wildman–Crippen MR) is 127 cm³/mol. The van der Waals surface area contributed by atoms with E-state index in [0.717, 1.165) is 21.5 Å². The largest absolute Gasteiger partial charge is 0.461 e. The van der Waals surface area contributed by atoms with Crippen LogP contribution in [0.1, 0.15) is 11.8 Å². The number of alkyl halides is 3. The van der Waals surface area contributed by atoms with Gasteiger partial charge >= 0.3 is 11.9 Å². The van der Waals surface area contributed by atoms with Crippen LogP contribution in [-0.4, -0.2) is 57.1 Å². The highest BCUT2D eigenvalue weighted by Gasteiger charge is 2.55. The Morgan fingerprint density at radius 1 is 1.27 bits per heavy atom. The summed E-state index contributed by atoms with van der Waals surface area (Å²) >= 11 is 25.5. The molecule has 0 aliphatic carbocycles. The van der Waals surface area contributed by atoms with Crippen molar-refractivity contribution in [3.8, 4) is 0 Å². The molecular weight excluding hydrogens is 558 g/mol. The van der Waals surface area contributed by atoms with Crippen LogP contribution in [0.2, 0.25) is 0 Å². The number of rotatable bonds is 7. The first kappa shape index (κ1) is 26.2. The van der Waals surface area contributed by atoms with E-state index in [4.69, 9.17) is 55.9 Å². The molecule has 1 aromatic heterocycles. The first-order chi connectivity index (χ1) is 15.5. The number of thioether (sulfide) groups is 1. The molecule has 1 fully saturated rings. The Bertz CT molecular complexity index is 1020. The van der Waals surface area contributed by atoms with Crippen molar-refractivity contribution in [3.63, 3.8) is 0 Å². The van der Waals surface area contributed by atoms with Crippen molar-refractivity contribution in [2.75, 3.05) is 13.2 Å². The van der Waals surface area contributed by atoms with Gasteiger partial charge in [-0.05, 0) is 11.4 Å². The molecular formula is C19H16Cl4N2O6S2. The molecule has 2 amide bonds. The van der Waals surface area contributed by atoms with Crippen LogP contribution in [0.4, 0.5) is 0 Å². The number of carbonyl (C=O) groups excluding carboxylic acids is 4. The molecule has 8 nitrogen and oxygen atoms in total. The van der Waals surface area contributed by atoms with Gasteiger partial charge in [-0.2, -0.15) is 0 Å². The van der Waals surface area contributed by atoms with Crippen LogP contribution < -0.4 is 5.32 Å². The molecule has 1 N–H and O–H groups in total. The predicted octanol–water partition coefficient (Wildman–Crippen LogP) is 3.50. The number of nitrogens with one attached hydrogen (secondary N) is 1. The molecule has 0 radical (unpaired) electrons. The van der Waals surface area contributed by atoms with Crippen LogP contribution in [0.5, 0.6) is 0 Å². The second-order valence-electron chi connectivity index (χ2n) is 6.79. The van der Waals surface area contributed by atoms with E-state index in [0.29, 0.717) is 4.91 Å². The number of hydrogen-bond donors (Lipinski definition) is 1. The topological polar surface area (TPSA) is 102 Å². The normalized spacial score (nSPS) is 21.4. The van der Waals surface area contributed by atoms with Crippen molar-refractivity contribution in [2.45, 2.75) is 28.6 Å². The average molecular weight is 574 g/mol. The highest BCUT2D eigenvalue weighted by molar-refractivity contribution is 8.04. The number of nitrogens with zero attached hydrogens (tertiary/aromatic N) is 1. The number of halogens is 4. The zero-order chi connectivity index (χ0) is 24.3. The third-order valence-corrected chi connectivity index (χ3v) is 7.32. The van der Waals surface area contributed by atoms with Gasteiger partial charge in [-0.1, -0.05) is 64.2 Å². The third-order valence-electron chi connectivity index (χ3n) is 4.43. The van der Waals surface area contributed by atoms with Gasteiger partial charge in [0.1, 0.15) is 30.3 Å². The fourth-order valence-electron chi connectivity index (χ4n) is 3.06. The third kappa shape index (κ3) is 6.37. The van der Waals surface area contributed by atoms with Gasteiger partial charge in [0.25, 0.3) is 5.91 Å². The minimum atomic E-state index is -1.88. The van der Waals surface area contributed by atoms with E-state index in [2.05, 4.69) is 5.32 Å². The van der Waals surface area contributed by atoms with Gasteiger partial charge in [-0.25, -0.2) is 4.79 Å². The average Bonchev–Trinajstić information content (AvgIpc) is 3.25. The molecule has 178 valence electrons.